The Morgan fingerprint density at radius 2 is 2.09 bits per heavy atom. The summed E-state index contributed by atoms with van der Waals surface area (Å²) in [5.41, 5.74) is 5.44. The Bertz CT molecular complexity index is 1000. The molecule has 114 valence electrons. The van der Waals surface area contributed by atoms with Gasteiger partial charge < -0.3 is 14.3 Å². The van der Waals surface area contributed by atoms with Crippen molar-refractivity contribution in [1.82, 2.24) is 9.97 Å². The minimum absolute atomic E-state index is 0.688. The molecule has 0 atom stereocenters. The topological polar surface area (TPSA) is 45.1 Å². The van der Waals surface area contributed by atoms with Crippen LogP contribution < -0.4 is 4.90 Å². The Labute approximate surface area is 137 Å². The average Bonchev–Trinajstić information content (AvgIpc) is 3.15. The van der Waals surface area contributed by atoms with Crippen molar-refractivity contribution < 1.29 is 4.42 Å². The molecule has 1 aliphatic rings. The number of fused-ring (bicyclic) bond motifs is 4. The zero-order valence-electron chi connectivity index (χ0n) is 12.3. The number of hydrogen-bond donors (Lipinski definition) is 1. The largest absolute Gasteiger partial charge is 0.423 e. The summed E-state index contributed by atoms with van der Waals surface area (Å²) in [7, 11) is 0. The van der Waals surface area contributed by atoms with Crippen molar-refractivity contribution in [3.8, 4) is 0 Å². The van der Waals surface area contributed by atoms with Gasteiger partial charge in [0.25, 0.3) is 6.01 Å². The predicted molar refractivity (Wildman–Crippen MR) is 92.1 cm³/mol. The zero-order valence-corrected chi connectivity index (χ0v) is 13.1. The lowest BCUT2D eigenvalue weighted by molar-refractivity contribution is 0.553. The molecule has 2 aromatic heterocycles. The minimum atomic E-state index is 0.688. The highest BCUT2D eigenvalue weighted by atomic mass is 35.5. The molecule has 3 heterocycles. The molecule has 0 saturated carbocycles. The van der Waals surface area contributed by atoms with Crippen molar-refractivity contribution in [2.24, 2.45) is 0 Å². The number of para-hydroxylation sites is 2. The van der Waals surface area contributed by atoms with Gasteiger partial charge in [-0.05, 0) is 42.3 Å². The molecule has 2 aromatic carbocycles. The van der Waals surface area contributed by atoms with Gasteiger partial charge in [0.1, 0.15) is 5.52 Å². The third-order valence-corrected chi connectivity index (χ3v) is 4.73. The quantitative estimate of drug-likeness (QED) is 0.560. The van der Waals surface area contributed by atoms with Crippen LogP contribution in [0.1, 0.15) is 11.3 Å². The van der Waals surface area contributed by atoms with Crippen LogP contribution in [0.15, 0.2) is 46.9 Å². The number of halogens is 1. The summed E-state index contributed by atoms with van der Waals surface area (Å²) in [5.74, 6) is 0. The number of rotatable bonds is 1. The van der Waals surface area contributed by atoms with Crippen molar-refractivity contribution in [2.45, 2.75) is 13.0 Å². The number of oxazole rings is 1. The van der Waals surface area contributed by atoms with Crippen molar-refractivity contribution in [2.75, 3.05) is 11.4 Å². The smallest absolute Gasteiger partial charge is 0.298 e. The van der Waals surface area contributed by atoms with E-state index in [9.17, 15) is 0 Å². The number of H-pyrrole nitrogens is 1. The van der Waals surface area contributed by atoms with Gasteiger partial charge in [0.2, 0.25) is 0 Å². The number of anilines is 1. The summed E-state index contributed by atoms with van der Waals surface area (Å²) in [6.45, 7) is 1.66. The highest BCUT2D eigenvalue weighted by Gasteiger charge is 2.23. The molecule has 1 N–H and O–H groups in total. The Morgan fingerprint density at radius 1 is 1.17 bits per heavy atom. The van der Waals surface area contributed by atoms with Crippen LogP contribution in [0.2, 0.25) is 5.02 Å². The van der Waals surface area contributed by atoms with Gasteiger partial charge in [0.05, 0.1) is 6.54 Å². The van der Waals surface area contributed by atoms with Crippen LogP contribution in [0, 0.1) is 0 Å². The van der Waals surface area contributed by atoms with Gasteiger partial charge in [-0.15, -0.1) is 0 Å². The van der Waals surface area contributed by atoms with Crippen molar-refractivity contribution >= 4 is 39.6 Å². The molecule has 0 unspecified atom stereocenters. The van der Waals surface area contributed by atoms with E-state index in [4.69, 9.17) is 16.0 Å². The first-order valence-electron chi connectivity index (χ1n) is 7.67. The van der Waals surface area contributed by atoms with E-state index in [1.165, 1.54) is 16.6 Å². The zero-order chi connectivity index (χ0) is 15.4. The van der Waals surface area contributed by atoms with Gasteiger partial charge in [0, 0.05) is 28.2 Å². The monoisotopic (exact) mass is 323 g/mol. The molecule has 0 fully saturated rings. The highest BCUT2D eigenvalue weighted by molar-refractivity contribution is 6.31. The minimum Gasteiger partial charge on any atom is -0.423 e. The van der Waals surface area contributed by atoms with Gasteiger partial charge in [-0.1, -0.05) is 23.7 Å². The molecule has 4 nitrogen and oxygen atoms in total. The van der Waals surface area contributed by atoms with E-state index in [0.717, 1.165) is 41.1 Å². The number of hydrogen-bond acceptors (Lipinski definition) is 3. The highest BCUT2D eigenvalue weighted by Crippen LogP contribution is 2.32. The van der Waals surface area contributed by atoms with E-state index in [2.05, 4.69) is 14.9 Å². The van der Waals surface area contributed by atoms with E-state index in [0.29, 0.717) is 6.01 Å². The third-order valence-electron chi connectivity index (χ3n) is 4.49. The maximum atomic E-state index is 6.14. The summed E-state index contributed by atoms with van der Waals surface area (Å²) in [4.78, 5) is 10.3. The van der Waals surface area contributed by atoms with Crippen molar-refractivity contribution in [3.63, 3.8) is 0 Å². The van der Waals surface area contributed by atoms with Crippen LogP contribution in [-0.2, 0) is 13.0 Å². The molecule has 4 aromatic rings. The van der Waals surface area contributed by atoms with Crippen LogP contribution in [-0.4, -0.2) is 16.5 Å². The van der Waals surface area contributed by atoms with Gasteiger partial charge in [-0.2, -0.15) is 4.98 Å². The fourth-order valence-corrected chi connectivity index (χ4v) is 3.54. The lowest BCUT2D eigenvalue weighted by Crippen LogP contribution is -2.30. The van der Waals surface area contributed by atoms with Crippen LogP contribution in [0.25, 0.3) is 22.0 Å². The molecule has 23 heavy (non-hydrogen) atoms. The second-order valence-electron chi connectivity index (χ2n) is 5.91. The number of nitrogens with one attached hydrogen (secondary N) is 1. The van der Waals surface area contributed by atoms with E-state index < -0.39 is 0 Å². The Hall–Kier alpha value is -2.46. The fourth-order valence-electron chi connectivity index (χ4n) is 3.37. The standard InChI is InChI=1S/C18H14ClN3O/c19-11-5-6-14-13(9-11)12-7-8-22(10-16(12)20-14)18-21-15-3-1-2-4-17(15)23-18/h1-6,9,20H,7-8,10H2. The van der Waals surface area contributed by atoms with E-state index in [-0.39, 0.29) is 0 Å². The van der Waals surface area contributed by atoms with Crippen LogP contribution in [0.3, 0.4) is 0 Å². The fraction of sp³-hybridized carbons (Fsp3) is 0.167. The second-order valence-corrected chi connectivity index (χ2v) is 6.34. The van der Waals surface area contributed by atoms with Gasteiger partial charge >= 0.3 is 0 Å². The average molecular weight is 324 g/mol. The number of aromatic nitrogens is 2. The Kier molecular flexibility index (Phi) is 2.70. The molecule has 0 aliphatic carbocycles. The number of nitrogens with zero attached hydrogens (tertiary/aromatic N) is 2. The SMILES string of the molecule is Clc1ccc2[nH]c3c(c2c1)CCN(c1nc2ccccc2o1)C3. The molecule has 0 bridgehead atoms. The molecule has 5 heteroatoms. The molecule has 0 saturated heterocycles. The number of aromatic amines is 1. The van der Waals surface area contributed by atoms with E-state index >= 15 is 0 Å². The Balaban J connectivity index is 1.55. The van der Waals surface area contributed by atoms with Crippen LogP contribution in [0.5, 0.6) is 0 Å². The molecule has 0 radical (unpaired) electrons. The van der Waals surface area contributed by atoms with Crippen LogP contribution in [0.4, 0.5) is 6.01 Å². The summed E-state index contributed by atoms with van der Waals surface area (Å²) < 4.78 is 5.90. The third kappa shape index (κ3) is 2.02. The first kappa shape index (κ1) is 13.0. The lowest BCUT2D eigenvalue weighted by atomic mass is 10.0. The van der Waals surface area contributed by atoms with Crippen molar-refractivity contribution in [1.29, 1.82) is 0 Å². The second kappa shape index (κ2) is 4.77. The molecular weight excluding hydrogens is 310 g/mol. The lowest BCUT2D eigenvalue weighted by Gasteiger charge is -2.25. The van der Waals surface area contributed by atoms with Crippen molar-refractivity contribution in [3.05, 3.63) is 58.7 Å². The molecule has 5 rings (SSSR count). The van der Waals surface area contributed by atoms with Gasteiger partial charge in [-0.3, -0.25) is 0 Å². The van der Waals surface area contributed by atoms with E-state index in [1.54, 1.807) is 0 Å². The van der Waals surface area contributed by atoms with Crippen LogP contribution >= 0.6 is 11.6 Å². The first-order chi connectivity index (χ1) is 11.3. The molecular formula is C18H14ClN3O. The van der Waals surface area contributed by atoms with Gasteiger partial charge in [0.15, 0.2) is 5.58 Å². The van der Waals surface area contributed by atoms with E-state index in [1.807, 2.05) is 42.5 Å². The summed E-state index contributed by atoms with van der Waals surface area (Å²) >= 11 is 6.14. The summed E-state index contributed by atoms with van der Waals surface area (Å²) in [6.07, 6.45) is 0.953. The Morgan fingerprint density at radius 3 is 3.00 bits per heavy atom. The molecule has 0 amide bonds. The maximum Gasteiger partial charge on any atom is 0.298 e. The molecule has 1 aliphatic heterocycles. The first-order valence-corrected chi connectivity index (χ1v) is 8.05. The normalized spacial score (nSPS) is 14.6. The predicted octanol–water partition coefficient (Wildman–Crippen LogP) is 4.53. The summed E-state index contributed by atoms with van der Waals surface area (Å²) in [5, 5.41) is 2.00. The maximum absolute atomic E-state index is 6.14. The summed E-state index contributed by atoms with van der Waals surface area (Å²) in [6, 6.07) is 14.6. The molecule has 0 spiro atoms. The van der Waals surface area contributed by atoms with Gasteiger partial charge in [-0.25, -0.2) is 0 Å². The number of benzene rings is 2.